The number of amides is 1. The Morgan fingerprint density at radius 3 is 2.86 bits per heavy atom. The number of benzene rings is 1. The number of carbonyl (C=O) groups excluding carboxylic acids is 1. The van der Waals surface area contributed by atoms with E-state index in [0.29, 0.717) is 19.5 Å². The molecule has 1 aromatic heterocycles. The number of para-hydroxylation sites is 1. The van der Waals surface area contributed by atoms with Gasteiger partial charge in [0.05, 0.1) is 25.8 Å². The Bertz CT molecular complexity index is 798. The smallest absolute Gasteiger partial charge is 0.236 e. The van der Waals surface area contributed by atoms with Crippen molar-refractivity contribution in [2.75, 3.05) is 39.8 Å². The Labute approximate surface area is 166 Å². The van der Waals surface area contributed by atoms with E-state index in [4.69, 9.17) is 9.15 Å². The summed E-state index contributed by atoms with van der Waals surface area (Å²) in [7, 11) is 1.68. The second-order valence-electron chi connectivity index (χ2n) is 7.82. The molecule has 3 heterocycles. The minimum atomic E-state index is 0.183. The maximum atomic E-state index is 12.7. The van der Waals surface area contributed by atoms with Gasteiger partial charge in [0.25, 0.3) is 0 Å². The summed E-state index contributed by atoms with van der Waals surface area (Å²) in [4.78, 5) is 21.5. The topological polar surface area (TPSA) is 58.8 Å². The molecule has 0 bridgehead atoms. The first-order valence-corrected chi connectivity index (χ1v) is 10.3. The van der Waals surface area contributed by atoms with E-state index in [-0.39, 0.29) is 11.8 Å². The predicted molar refractivity (Wildman–Crippen MR) is 107 cm³/mol. The summed E-state index contributed by atoms with van der Waals surface area (Å²) in [6.45, 7) is 4.21. The minimum absolute atomic E-state index is 0.183. The van der Waals surface area contributed by atoms with Crippen LogP contribution in [-0.4, -0.2) is 60.5 Å². The van der Waals surface area contributed by atoms with Gasteiger partial charge in [-0.1, -0.05) is 18.2 Å². The van der Waals surface area contributed by atoms with Gasteiger partial charge in [-0.2, -0.15) is 0 Å². The molecule has 4 rings (SSSR count). The van der Waals surface area contributed by atoms with E-state index < -0.39 is 0 Å². The molecule has 2 fully saturated rings. The molecule has 2 aliphatic heterocycles. The molecule has 2 aliphatic rings. The molecule has 0 radical (unpaired) electrons. The van der Waals surface area contributed by atoms with Crippen LogP contribution in [0, 0.1) is 0 Å². The summed E-state index contributed by atoms with van der Waals surface area (Å²) >= 11 is 0. The normalized spacial score (nSPS) is 20.5. The van der Waals surface area contributed by atoms with Crippen molar-refractivity contribution in [2.45, 2.75) is 38.0 Å². The third-order valence-corrected chi connectivity index (χ3v) is 5.81. The van der Waals surface area contributed by atoms with Crippen LogP contribution in [0.1, 0.15) is 48.8 Å². The van der Waals surface area contributed by atoms with Crippen LogP contribution in [0.4, 0.5) is 0 Å². The van der Waals surface area contributed by atoms with Crippen molar-refractivity contribution >= 4 is 5.91 Å². The SMILES string of the molecule is COc1ccccc1Cc1cnc([C@H]2CCCN(C(=O)CN3CCCC3)C2)o1. The van der Waals surface area contributed by atoms with Gasteiger partial charge < -0.3 is 14.1 Å². The fourth-order valence-corrected chi connectivity index (χ4v) is 4.27. The first-order chi connectivity index (χ1) is 13.7. The molecule has 1 aromatic carbocycles. The number of likely N-dealkylation sites (tertiary alicyclic amines) is 2. The fourth-order valence-electron chi connectivity index (χ4n) is 4.27. The van der Waals surface area contributed by atoms with Crippen LogP contribution in [0.3, 0.4) is 0 Å². The van der Waals surface area contributed by atoms with Crippen molar-refractivity contribution in [2.24, 2.45) is 0 Å². The van der Waals surface area contributed by atoms with E-state index in [0.717, 1.165) is 55.4 Å². The Morgan fingerprint density at radius 2 is 2.04 bits per heavy atom. The van der Waals surface area contributed by atoms with Crippen molar-refractivity contribution in [3.63, 3.8) is 0 Å². The maximum absolute atomic E-state index is 12.7. The Kier molecular flexibility index (Phi) is 5.95. The number of hydrogen-bond donors (Lipinski definition) is 0. The number of oxazole rings is 1. The van der Waals surface area contributed by atoms with Crippen molar-refractivity contribution < 1.29 is 13.9 Å². The summed E-state index contributed by atoms with van der Waals surface area (Å²) in [6, 6.07) is 7.96. The number of methoxy groups -OCH3 is 1. The Balaban J connectivity index is 1.38. The van der Waals surface area contributed by atoms with Crippen molar-refractivity contribution in [3.05, 3.63) is 47.7 Å². The van der Waals surface area contributed by atoms with E-state index in [2.05, 4.69) is 9.88 Å². The number of piperidine rings is 1. The van der Waals surface area contributed by atoms with E-state index in [1.165, 1.54) is 12.8 Å². The van der Waals surface area contributed by atoms with E-state index in [1.54, 1.807) is 7.11 Å². The second-order valence-corrected chi connectivity index (χ2v) is 7.82. The molecule has 1 atom stereocenters. The number of nitrogens with zero attached hydrogens (tertiary/aromatic N) is 3. The van der Waals surface area contributed by atoms with Crippen molar-refractivity contribution in [1.82, 2.24) is 14.8 Å². The average molecular weight is 383 g/mol. The molecule has 0 spiro atoms. The van der Waals surface area contributed by atoms with E-state index >= 15 is 0 Å². The lowest BCUT2D eigenvalue weighted by Gasteiger charge is -2.32. The number of ether oxygens (including phenoxy) is 1. The Morgan fingerprint density at radius 1 is 1.21 bits per heavy atom. The lowest BCUT2D eigenvalue weighted by atomic mass is 9.98. The van der Waals surface area contributed by atoms with Gasteiger partial charge in [0.2, 0.25) is 5.91 Å². The van der Waals surface area contributed by atoms with Crippen LogP contribution < -0.4 is 4.74 Å². The summed E-state index contributed by atoms with van der Waals surface area (Å²) < 4.78 is 11.5. The summed E-state index contributed by atoms with van der Waals surface area (Å²) in [5, 5.41) is 0. The fraction of sp³-hybridized carbons (Fsp3) is 0.545. The van der Waals surface area contributed by atoms with E-state index in [9.17, 15) is 4.79 Å². The van der Waals surface area contributed by atoms with Crippen molar-refractivity contribution in [3.8, 4) is 5.75 Å². The van der Waals surface area contributed by atoms with Gasteiger partial charge in [0.1, 0.15) is 11.5 Å². The third kappa shape index (κ3) is 4.38. The first kappa shape index (κ1) is 19.0. The zero-order valence-corrected chi connectivity index (χ0v) is 16.6. The highest BCUT2D eigenvalue weighted by Crippen LogP contribution is 2.28. The first-order valence-electron chi connectivity index (χ1n) is 10.3. The third-order valence-electron chi connectivity index (χ3n) is 5.81. The molecule has 0 aliphatic carbocycles. The zero-order valence-electron chi connectivity index (χ0n) is 16.6. The molecular weight excluding hydrogens is 354 g/mol. The highest BCUT2D eigenvalue weighted by molar-refractivity contribution is 5.78. The molecule has 0 unspecified atom stereocenters. The van der Waals surface area contributed by atoms with Gasteiger partial charge in [-0.15, -0.1) is 0 Å². The molecule has 1 amide bonds. The molecule has 0 N–H and O–H groups in total. The summed E-state index contributed by atoms with van der Waals surface area (Å²) in [5.74, 6) is 2.87. The van der Waals surface area contributed by atoms with Gasteiger partial charge >= 0.3 is 0 Å². The van der Waals surface area contributed by atoms with E-state index in [1.807, 2.05) is 35.4 Å². The molecule has 0 saturated carbocycles. The largest absolute Gasteiger partial charge is 0.496 e. The molecule has 2 saturated heterocycles. The molecule has 2 aromatic rings. The van der Waals surface area contributed by atoms with Crippen molar-refractivity contribution in [1.29, 1.82) is 0 Å². The average Bonchev–Trinajstić information content (AvgIpc) is 3.41. The number of carbonyl (C=O) groups is 1. The molecule has 150 valence electrons. The quantitative estimate of drug-likeness (QED) is 0.767. The van der Waals surface area contributed by atoms with Gasteiger partial charge in [0, 0.05) is 25.1 Å². The monoisotopic (exact) mass is 383 g/mol. The maximum Gasteiger partial charge on any atom is 0.236 e. The van der Waals surface area contributed by atoms with Crippen LogP contribution in [0.25, 0.3) is 0 Å². The standard InChI is InChI=1S/C22H29N3O3/c1-27-20-9-3-2-7-17(20)13-19-14-23-22(28-19)18-8-6-12-25(15-18)21(26)16-24-10-4-5-11-24/h2-3,7,9,14,18H,4-6,8,10-13,15-16H2,1H3/t18-/m0/s1. The van der Waals surface area contributed by atoms with Gasteiger partial charge in [-0.05, 0) is 44.8 Å². The molecule has 6 heteroatoms. The lowest BCUT2D eigenvalue weighted by Crippen LogP contribution is -2.44. The summed E-state index contributed by atoms with van der Waals surface area (Å²) in [5.41, 5.74) is 1.08. The van der Waals surface area contributed by atoms with Crippen LogP contribution in [-0.2, 0) is 11.2 Å². The number of aromatic nitrogens is 1. The van der Waals surface area contributed by atoms with Gasteiger partial charge in [-0.25, -0.2) is 4.98 Å². The van der Waals surface area contributed by atoms with Crippen LogP contribution in [0.15, 0.2) is 34.9 Å². The highest BCUT2D eigenvalue weighted by Gasteiger charge is 2.29. The zero-order chi connectivity index (χ0) is 19.3. The van der Waals surface area contributed by atoms with Gasteiger partial charge in [-0.3, -0.25) is 9.69 Å². The van der Waals surface area contributed by atoms with Gasteiger partial charge in [0.15, 0.2) is 5.89 Å². The highest BCUT2D eigenvalue weighted by atomic mass is 16.5. The molecule has 28 heavy (non-hydrogen) atoms. The number of rotatable bonds is 6. The molecular formula is C22H29N3O3. The van der Waals surface area contributed by atoms with Crippen LogP contribution in [0.2, 0.25) is 0 Å². The number of hydrogen-bond acceptors (Lipinski definition) is 5. The lowest BCUT2D eigenvalue weighted by molar-refractivity contribution is -0.133. The van der Waals surface area contributed by atoms with Crippen LogP contribution in [0.5, 0.6) is 5.75 Å². The Hall–Kier alpha value is -2.34. The van der Waals surface area contributed by atoms with Crippen LogP contribution >= 0.6 is 0 Å². The summed E-state index contributed by atoms with van der Waals surface area (Å²) in [6.07, 6.45) is 6.90. The minimum Gasteiger partial charge on any atom is -0.496 e. The second kappa shape index (κ2) is 8.78. The predicted octanol–water partition coefficient (Wildman–Crippen LogP) is 3.08. The molecule has 6 nitrogen and oxygen atoms in total.